The predicted molar refractivity (Wildman–Crippen MR) is 68.0 cm³/mol. The van der Waals surface area contributed by atoms with Crippen LogP contribution < -0.4 is 5.32 Å². The van der Waals surface area contributed by atoms with Crippen LogP contribution in [0.15, 0.2) is 12.4 Å². The number of thioether (sulfide) groups is 1. The minimum Gasteiger partial charge on any atom is -0.464 e. The third-order valence-corrected chi connectivity index (χ3v) is 2.65. The van der Waals surface area contributed by atoms with Gasteiger partial charge in [0.1, 0.15) is 5.82 Å². The first-order valence-corrected chi connectivity index (χ1v) is 6.09. The van der Waals surface area contributed by atoms with Crippen LogP contribution in [0.3, 0.4) is 0 Å². The molecular weight excluding hydrogens is 238 g/mol. The highest BCUT2D eigenvalue weighted by molar-refractivity contribution is 7.99. The Bertz CT molecular complexity index is 400. The second-order valence-corrected chi connectivity index (χ2v) is 4.07. The first kappa shape index (κ1) is 13.3. The maximum atomic E-state index is 11.1. The molecule has 0 aliphatic carbocycles. The lowest BCUT2D eigenvalue weighted by Gasteiger charge is -2.04. The normalized spacial score (nSPS) is 9.41. The number of nitrogens with zero attached hydrogens (tertiary/aromatic N) is 2. The highest BCUT2D eigenvalue weighted by Crippen LogP contribution is 2.03. The van der Waals surface area contributed by atoms with Crippen LogP contribution >= 0.6 is 11.8 Å². The molecule has 1 rings (SSSR count). The van der Waals surface area contributed by atoms with E-state index in [1.54, 1.807) is 11.8 Å². The quantitative estimate of drug-likeness (QED) is 0.463. The van der Waals surface area contributed by atoms with Crippen LogP contribution in [0.2, 0.25) is 0 Å². The summed E-state index contributed by atoms with van der Waals surface area (Å²) < 4.78 is 4.52. The van der Waals surface area contributed by atoms with Gasteiger partial charge in [0.25, 0.3) is 0 Å². The average Bonchev–Trinajstić information content (AvgIpc) is 2.38. The average molecular weight is 251 g/mol. The Kier molecular flexibility index (Phi) is 5.89. The number of methoxy groups -OCH3 is 1. The summed E-state index contributed by atoms with van der Waals surface area (Å²) in [5.41, 5.74) is 0.194. The van der Waals surface area contributed by atoms with E-state index in [9.17, 15) is 4.79 Å². The molecule has 17 heavy (non-hydrogen) atoms. The van der Waals surface area contributed by atoms with Crippen LogP contribution in [0, 0.1) is 12.3 Å². The molecule has 0 atom stereocenters. The smallest absolute Gasteiger partial charge is 0.358 e. The second kappa shape index (κ2) is 7.52. The van der Waals surface area contributed by atoms with Gasteiger partial charge in [-0.2, -0.15) is 0 Å². The fourth-order valence-corrected chi connectivity index (χ4v) is 1.52. The zero-order valence-electron chi connectivity index (χ0n) is 9.47. The molecule has 0 aliphatic rings. The Morgan fingerprint density at radius 3 is 3.00 bits per heavy atom. The van der Waals surface area contributed by atoms with Gasteiger partial charge in [-0.3, -0.25) is 0 Å². The molecular formula is C11H13N3O2S. The maximum Gasteiger partial charge on any atom is 0.358 e. The third kappa shape index (κ3) is 4.74. The first-order valence-electron chi connectivity index (χ1n) is 4.93. The minimum absolute atomic E-state index is 0.194. The van der Waals surface area contributed by atoms with E-state index in [0.717, 1.165) is 12.3 Å². The van der Waals surface area contributed by atoms with Crippen molar-refractivity contribution in [2.24, 2.45) is 0 Å². The molecule has 6 heteroatoms. The number of aromatic nitrogens is 2. The molecule has 0 fully saturated rings. The maximum absolute atomic E-state index is 11.1. The largest absolute Gasteiger partial charge is 0.464 e. The molecule has 1 N–H and O–H groups in total. The third-order valence-electron chi connectivity index (χ3n) is 1.78. The number of ether oxygens (including phenoxy) is 1. The van der Waals surface area contributed by atoms with Gasteiger partial charge in [-0.05, 0) is 0 Å². The standard InChI is InChI=1S/C11H13N3O2S/c1-3-5-17-6-4-12-10-8-13-9(7-14-10)11(15)16-2/h1,7-8H,4-6H2,2H3,(H,12,14). The molecule has 0 aromatic carbocycles. The molecule has 0 saturated carbocycles. The van der Waals surface area contributed by atoms with Crippen molar-refractivity contribution in [1.29, 1.82) is 0 Å². The van der Waals surface area contributed by atoms with Crippen molar-refractivity contribution in [3.8, 4) is 12.3 Å². The molecule has 0 spiro atoms. The lowest BCUT2D eigenvalue weighted by Crippen LogP contribution is -2.09. The van der Waals surface area contributed by atoms with Crippen LogP contribution in [0.1, 0.15) is 10.5 Å². The molecule has 0 bridgehead atoms. The van der Waals surface area contributed by atoms with E-state index in [1.807, 2.05) is 0 Å². The molecule has 1 aromatic heterocycles. The number of hydrogen-bond acceptors (Lipinski definition) is 6. The zero-order chi connectivity index (χ0) is 12.5. The first-order chi connectivity index (χ1) is 8.27. The number of carbonyl (C=O) groups is 1. The molecule has 5 nitrogen and oxygen atoms in total. The van der Waals surface area contributed by atoms with Crippen LogP contribution in [0.4, 0.5) is 5.82 Å². The van der Waals surface area contributed by atoms with Crippen LogP contribution in [0.25, 0.3) is 0 Å². The summed E-state index contributed by atoms with van der Waals surface area (Å²) in [6.07, 6.45) is 8.00. The molecule has 0 radical (unpaired) electrons. The van der Waals surface area contributed by atoms with Crippen molar-refractivity contribution in [3.05, 3.63) is 18.1 Å². The van der Waals surface area contributed by atoms with Crippen molar-refractivity contribution >= 4 is 23.5 Å². The summed E-state index contributed by atoms with van der Waals surface area (Å²) in [6, 6.07) is 0. The van der Waals surface area contributed by atoms with E-state index in [1.165, 1.54) is 19.5 Å². The van der Waals surface area contributed by atoms with Gasteiger partial charge >= 0.3 is 5.97 Å². The van der Waals surface area contributed by atoms with Gasteiger partial charge in [-0.1, -0.05) is 5.92 Å². The van der Waals surface area contributed by atoms with E-state index in [2.05, 4.69) is 25.9 Å². The van der Waals surface area contributed by atoms with Gasteiger partial charge in [0.15, 0.2) is 5.69 Å². The van der Waals surface area contributed by atoms with E-state index >= 15 is 0 Å². The number of rotatable bonds is 6. The van der Waals surface area contributed by atoms with Crippen molar-refractivity contribution in [3.63, 3.8) is 0 Å². The second-order valence-electron chi connectivity index (χ2n) is 2.96. The summed E-state index contributed by atoms with van der Waals surface area (Å²) >= 11 is 1.66. The van der Waals surface area contributed by atoms with E-state index in [4.69, 9.17) is 6.42 Å². The highest BCUT2D eigenvalue weighted by atomic mass is 32.2. The zero-order valence-corrected chi connectivity index (χ0v) is 10.3. The Labute approximate surface area is 104 Å². The minimum atomic E-state index is -0.492. The molecule has 1 heterocycles. The fourth-order valence-electron chi connectivity index (χ4n) is 1.01. The lowest BCUT2D eigenvalue weighted by atomic mass is 10.4. The number of carbonyl (C=O) groups excluding carboxylic acids is 1. The number of terminal acetylenes is 1. The summed E-state index contributed by atoms with van der Waals surface area (Å²) in [7, 11) is 1.30. The summed E-state index contributed by atoms with van der Waals surface area (Å²) in [5.74, 6) is 4.28. The van der Waals surface area contributed by atoms with Gasteiger partial charge in [0.2, 0.25) is 0 Å². The Hall–Kier alpha value is -1.74. The monoisotopic (exact) mass is 251 g/mol. The van der Waals surface area contributed by atoms with Crippen LogP contribution in [-0.2, 0) is 4.74 Å². The molecule has 0 saturated heterocycles. The summed E-state index contributed by atoms with van der Waals surface area (Å²) in [6.45, 7) is 0.749. The Morgan fingerprint density at radius 2 is 2.41 bits per heavy atom. The van der Waals surface area contributed by atoms with Gasteiger partial charge in [0.05, 0.1) is 25.3 Å². The topological polar surface area (TPSA) is 64.1 Å². The van der Waals surface area contributed by atoms with Crippen LogP contribution in [0.5, 0.6) is 0 Å². The van der Waals surface area contributed by atoms with Gasteiger partial charge in [0, 0.05) is 12.3 Å². The Balaban J connectivity index is 2.36. The van der Waals surface area contributed by atoms with Crippen molar-refractivity contribution < 1.29 is 9.53 Å². The van der Waals surface area contributed by atoms with E-state index in [-0.39, 0.29) is 5.69 Å². The van der Waals surface area contributed by atoms with Crippen molar-refractivity contribution in [2.45, 2.75) is 0 Å². The molecule has 0 unspecified atom stereocenters. The van der Waals surface area contributed by atoms with Crippen molar-refractivity contribution in [1.82, 2.24) is 9.97 Å². The van der Waals surface area contributed by atoms with Crippen molar-refractivity contribution in [2.75, 3.05) is 30.5 Å². The number of anilines is 1. The SMILES string of the molecule is C#CCSCCNc1cnc(C(=O)OC)cn1. The highest BCUT2D eigenvalue weighted by Gasteiger charge is 2.06. The molecule has 0 amide bonds. The number of hydrogen-bond donors (Lipinski definition) is 1. The predicted octanol–water partition coefficient (Wildman–Crippen LogP) is 1.04. The van der Waals surface area contributed by atoms with E-state index in [0.29, 0.717) is 11.6 Å². The summed E-state index contributed by atoms with van der Waals surface area (Å²) in [4.78, 5) is 19.1. The molecule has 0 aliphatic heterocycles. The fraction of sp³-hybridized carbons (Fsp3) is 0.364. The Morgan fingerprint density at radius 1 is 1.59 bits per heavy atom. The van der Waals surface area contributed by atoms with E-state index < -0.39 is 5.97 Å². The lowest BCUT2D eigenvalue weighted by molar-refractivity contribution is 0.0593. The van der Waals surface area contributed by atoms with Gasteiger partial charge < -0.3 is 10.1 Å². The van der Waals surface area contributed by atoms with Crippen LogP contribution in [-0.4, -0.2) is 41.1 Å². The van der Waals surface area contributed by atoms with Gasteiger partial charge in [-0.15, -0.1) is 18.2 Å². The number of nitrogens with one attached hydrogen (secondary N) is 1. The number of esters is 1. The summed E-state index contributed by atoms with van der Waals surface area (Å²) in [5, 5.41) is 3.07. The molecule has 90 valence electrons. The van der Waals surface area contributed by atoms with Gasteiger partial charge in [-0.25, -0.2) is 14.8 Å². The molecule has 1 aromatic rings.